The van der Waals surface area contributed by atoms with Gasteiger partial charge in [-0.3, -0.25) is 9.67 Å². The van der Waals surface area contributed by atoms with E-state index in [2.05, 4.69) is 74.6 Å². The average molecular weight is 388 g/mol. The molecule has 0 aliphatic rings. The number of guanidine groups is 1. The normalized spacial score (nSPS) is 12.9. The molecule has 0 radical (unpaired) electrons. The topological polar surface area (TPSA) is 54.2 Å². The summed E-state index contributed by atoms with van der Waals surface area (Å²) in [6.45, 7) is 12.3. The Morgan fingerprint density at radius 1 is 1.22 bits per heavy atom. The number of aliphatic imine (C=N–C) groups is 1. The van der Waals surface area contributed by atoms with Gasteiger partial charge in [-0.25, -0.2) is 0 Å². The van der Waals surface area contributed by atoms with E-state index in [0.717, 1.165) is 36.9 Å². The molecule has 148 valence electrons. The summed E-state index contributed by atoms with van der Waals surface area (Å²) in [6.07, 6.45) is 0.939. The van der Waals surface area contributed by atoms with Crippen LogP contribution >= 0.6 is 11.8 Å². The zero-order valence-corrected chi connectivity index (χ0v) is 18.3. The van der Waals surface area contributed by atoms with Crippen molar-refractivity contribution in [3.05, 3.63) is 46.8 Å². The summed E-state index contributed by atoms with van der Waals surface area (Å²) >= 11 is 1.84. The molecule has 2 rings (SSSR count). The molecule has 0 aliphatic carbocycles. The number of hydrogen-bond acceptors (Lipinski definition) is 3. The Balaban J connectivity index is 1.87. The van der Waals surface area contributed by atoms with Gasteiger partial charge in [-0.2, -0.15) is 5.10 Å². The minimum atomic E-state index is 0.286. The third-order valence-electron chi connectivity index (χ3n) is 4.55. The van der Waals surface area contributed by atoms with Gasteiger partial charge < -0.3 is 10.6 Å². The standard InChI is InChI=1S/C21H33N5S/c1-7-22-21(23-12-13-27-19-10-8-15(2)9-11-19)24-16(3)14-20-17(4)25-26(6)18(20)5/h8-11,16H,7,12-14H2,1-6H3,(H2,22,23,24). The number of nitrogens with one attached hydrogen (secondary N) is 2. The van der Waals surface area contributed by atoms with E-state index >= 15 is 0 Å². The lowest BCUT2D eigenvalue weighted by atomic mass is 10.1. The zero-order valence-electron chi connectivity index (χ0n) is 17.5. The van der Waals surface area contributed by atoms with Gasteiger partial charge in [0.15, 0.2) is 5.96 Å². The van der Waals surface area contributed by atoms with Crippen molar-refractivity contribution in [1.82, 2.24) is 20.4 Å². The van der Waals surface area contributed by atoms with E-state index in [1.807, 2.05) is 23.5 Å². The highest BCUT2D eigenvalue weighted by atomic mass is 32.2. The summed E-state index contributed by atoms with van der Waals surface area (Å²) in [4.78, 5) is 6.03. The maximum atomic E-state index is 4.73. The van der Waals surface area contributed by atoms with Gasteiger partial charge in [-0.1, -0.05) is 17.7 Å². The fourth-order valence-electron chi connectivity index (χ4n) is 2.98. The fraction of sp³-hybridized carbons (Fsp3) is 0.524. The molecular weight excluding hydrogens is 354 g/mol. The first-order valence-corrected chi connectivity index (χ1v) is 10.6. The lowest BCUT2D eigenvalue weighted by molar-refractivity contribution is 0.636. The van der Waals surface area contributed by atoms with Crippen LogP contribution in [0.4, 0.5) is 0 Å². The monoisotopic (exact) mass is 387 g/mol. The van der Waals surface area contributed by atoms with E-state index in [1.54, 1.807) is 0 Å². The summed E-state index contributed by atoms with van der Waals surface area (Å²) in [5.74, 6) is 1.85. The smallest absolute Gasteiger partial charge is 0.191 e. The molecule has 2 N–H and O–H groups in total. The summed E-state index contributed by atoms with van der Waals surface area (Å²) in [7, 11) is 2.00. The van der Waals surface area contributed by atoms with Crippen LogP contribution in [0.3, 0.4) is 0 Å². The first kappa shape index (κ1) is 21.4. The molecule has 2 aromatic rings. The van der Waals surface area contributed by atoms with Crippen LogP contribution in [0.15, 0.2) is 34.2 Å². The first-order valence-electron chi connectivity index (χ1n) is 9.64. The highest BCUT2D eigenvalue weighted by molar-refractivity contribution is 7.99. The molecule has 0 spiro atoms. The molecular formula is C21H33N5S. The molecule has 1 heterocycles. The van der Waals surface area contributed by atoms with E-state index in [-0.39, 0.29) is 6.04 Å². The Kier molecular flexibility index (Phi) is 8.23. The molecule has 0 saturated heterocycles. The van der Waals surface area contributed by atoms with Crippen LogP contribution in [0, 0.1) is 20.8 Å². The van der Waals surface area contributed by atoms with Gasteiger partial charge in [-0.05, 0) is 58.7 Å². The number of aromatic nitrogens is 2. The summed E-state index contributed by atoms with van der Waals surface area (Å²) in [5, 5.41) is 11.4. The average Bonchev–Trinajstić information content (AvgIpc) is 2.86. The number of thioether (sulfide) groups is 1. The van der Waals surface area contributed by atoms with Gasteiger partial charge in [0.2, 0.25) is 0 Å². The molecule has 0 fully saturated rings. The minimum absolute atomic E-state index is 0.286. The Bertz CT molecular complexity index is 749. The van der Waals surface area contributed by atoms with Crippen molar-refractivity contribution in [2.45, 2.75) is 52.0 Å². The lowest BCUT2D eigenvalue weighted by Gasteiger charge is -2.18. The van der Waals surface area contributed by atoms with Crippen molar-refractivity contribution in [3.63, 3.8) is 0 Å². The quantitative estimate of drug-likeness (QED) is 0.314. The van der Waals surface area contributed by atoms with Crippen molar-refractivity contribution >= 4 is 17.7 Å². The van der Waals surface area contributed by atoms with Crippen LogP contribution < -0.4 is 10.6 Å². The van der Waals surface area contributed by atoms with Crippen LogP contribution in [0.1, 0.15) is 36.4 Å². The van der Waals surface area contributed by atoms with Crippen LogP contribution in [-0.4, -0.2) is 40.6 Å². The molecule has 1 aromatic heterocycles. The van der Waals surface area contributed by atoms with Gasteiger partial charge in [0.25, 0.3) is 0 Å². The molecule has 5 nitrogen and oxygen atoms in total. The van der Waals surface area contributed by atoms with E-state index in [0.29, 0.717) is 0 Å². The predicted octanol–water partition coefficient (Wildman–Crippen LogP) is 3.62. The van der Waals surface area contributed by atoms with Crippen LogP contribution in [0.2, 0.25) is 0 Å². The second-order valence-electron chi connectivity index (χ2n) is 6.94. The number of nitrogens with zero attached hydrogens (tertiary/aromatic N) is 3. The van der Waals surface area contributed by atoms with Gasteiger partial charge >= 0.3 is 0 Å². The Labute approximate surface area is 168 Å². The number of rotatable bonds is 8. The van der Waals surface area contributed by atoms with Crippen LogP contribution in [0.5, 0.6) is 0 Å². The predicted molar refractivity (Wildman–Crippen MR) is 117 cm³/mol. The number of benzene rings is 1. The maximum absolute atomic E-state index is 4.73. The Hall–Kier alpha value is -1.95. The van der Waals surface area contributed by atoms with Crippen LogP contribution in [0.25, 0.3) is 0 Å². The molecule has 0 aliphatic heterocycles. The second-order valence-corrected chi connectivity index (χ2v) is 8.11. The summed E-state index contributed by atoms with van der Waals surface area (Å²) < 4.78 is 1.96. The Morgan fingerprint density at radius 2 is 1.93 bits per heavy atom. The second kappa shape index (κ2) is 10.4. The zero-order chi connectivity index (χ0) is 19.8. The van der Waals surface area contributed by atoms with E-state index < -0.39 is 0 Å². The molecule has 0 saturated carbocycles. The Morgan fingerprint density at radius 3 is 2.52 bits per heavy atom. The largest absolute Gasteiger partial charge is 0.357 e. The molecule has 1 atom stereocenters. The highest BCUT2D eigenvalue weighted by Gasteiger charge is 2.13. The summed E-state index contributed by atoms with van der Waals surface area (Å²) in [5.41, 5.74) is 4.96. The molecule has 1 unspecified atom stereocenters. The third kappa shape index (κ3) is 6.61. The summed E-state index contributed by atoms with van der Waals surface area (Å²) in [6, 6.07) is 8.94. The van der Waals surface area contributed by atoms with Gasteiger partial charge in [-0.15, -0.1) is 11.8 Å². The number of hydrogen-bond donors (Lipinski definition) is 2. The van der Waals surface area contributed by atoms with Crippen molar-refractivity contribution in [2.75, 3.05) is 18.8 Å². The van der Waals surface area contributed by atoms with E-state index in [9.17, 15) is 0 Å². The van der Waals surface area contributed by atoms with Gasteiger partial charge in [0.05, 0.1) is 12.2 Å². The van der Waals surface area contributed by atoms with Crippen molar-refractivity contribution in [1.29, 1.82) is 0 Å². The molecule has 1 aromatic carbocycles. The fourth-order valence-corrected chi connectivity index (χ4v) is 3.73. The van der Waals surface area contributed by atoms with E-state index in [1.165, 1.54) is 21.7 Å². The SMILES string of the molecule is CCNC(=NCCSc1ccc(C)cc1)NC(C)Cc1c(C)nn(C)c1C. The molecule has 0 bridgehead atoms. The van der Waals surface area contributed by atoms with Crippen LogP contribution in [-0.2, 0) is 13.5 Å². The third-order valence-corrected chi connectivity index (χ3v) is 5.54. The maximum Gasteiger partial charge on any atom is 0.191 e. The van der Waals surface area contributed by atoms with Crippen molar-refractivity contribution < 1.29 is 0 Å². The van der Waals surface area contributed by atoms with Gasteiger partial charge in [0.1, 0.15) is 0 Å². The van der Waals surface area contributed by atoms with Gasteiger partial charge in [0, 0.05) is 36.0 Å². The molecule has 0 amide bonds. The lowest BCUT2D eigenvalue weighted by Crippen LogP contribution is -2.43. The van der Waals surface area contributed by atoms with Crippen molar-refractivity contribution in [2.24, 2.45) is 12.0 Å². The highest BCUT2D eigenvalue weighted by Crippen LogP contribution is 2.18. The van der Waals surface area contributed by atoms with Crippen molar-refractivity contribution in [3.8, 4) is 0 Å². The first-order chi connectivity index (χ1) is 12.9. The minimum Gasteiger partial charge on any atom is -0.357 e. The molecule has 27 heavy (non-hydrogen) atoms. The molecule has 6 heteroatoms. The van der Waals surface area contributed by atoms with E-state index in [4.69, 9.17) is 4.99 Å². The number of aryl methyl sites for hydroxylation is 3.